The van der Waals surface area contributed by atoms with Gasteiger partial charge in [0, 0.05) is 4.88 Å². The summed E-state index contributed by atoms with van der Waals surface area (Å²) in [6, 6.07) is 5.06. The Balaban J connectivity index is 2.28. The van der Waals surface area contributed by atoms with Gasteiger partial charge in [-0.2, -0.15) is 5.26 Å². The van der Waals surface area contributed by atoms with Crippen molar-refractivity contribution in [1.29, 1.82) is 5.26 Å². The number of nitrogens with zero attached hydrogens (tertiary/aromatic N) is 1. The first-order chi connectivity index (χ1) is 8.52. The number of aryl methyl sites for hydroxylation is 1. The molecular formula is C12H9ClN2O2S. The minimum absolute atomic E-state index is 0.118. The number of nitrogens with one attached hydrogen (secondary N) is 1. The molecule has 0 saturated carbocycles. The van der Waals surface area contributed by atoms with Gasteiger partial charge in [-0.1, -0.05) is 0 Å². The molecule has 0 aliphatic heterocycles. The van der Waals surface area contributed by atoms with Gasteiger partial charge in [0.1, 0.15) is 11.1 Å². The van der Waals surface area contributed by atoms with Crippen molar-refractivity contribution in [3.8, 4) is 6.07 Å². The van der Waals surface area contributed by atoms with Crippen LogP contribution in [0.1, 0.15) is 26.6 Å². The van der Waals surface area contributed by atoms with Crippen LogP contribution in [0, 0.1) is 25.2 Å². The normalized spacial score (nSPS) is 10.1. The fourth-order valence-corrected chi connectivity index (χ4v) is 2.60. The largest absolute Gasteiger partial charge is 0.440 e. The van der Waals surface area contributed by atoms with Crippen molar-refractivity contribution in [1.82, 2.24) is 0 Å². The molecule has 2 heterocycles. The third-order valence-corrected chi connectivity index (χ3v) is 3.85. The quantitative estimate of drug-likeness (QED) is 0.911. The van der Waals surface area contributed by atoms with Crippen LogP contribution in [-0.4, -0.2) is 5.91 Å². The summed E-state index contributed by atoms with van der Waals surface area (Å²) < 4.78 is 5.00. The van der Waals surface area contributed by atoms with Crippen LogP contribution in [0.5, 0.6) is 0 Å². The highest BCUT2D eigenvalue weighted by atomic mass is 35.5. The van der Waals surface area contributed by atoms with Gasteiger partial charge in [-0.15, -0.1) is 11.3 Å². The van der Waals surface area contributed by atoms with Crippen molar-refractivity contribution in [2.24, 2.45) is 0 Å². The Morgan fingerprint density at radius 3 is 2.78 bits per heavy atom. The molecule has 4 nitrogen and oxygen atoms in total. The van der Waals surface area contributed by atoms with Crippen LogP contribution in [0.25, 0.3) is 0 Å². The molecule has 6 heteroatoms. The Labute approximate surface area is 113 Å². The van der Waals surface area contributed by atoms with Gasteiger partial charge in [0.15, 0.2) is 11.0 Å². The Kier molecular flexibility index (Phi) is 3.41. The number of amides is 1. The molecule has 0 unspecified atom stereocenters. The molecule has 0 aliphatic carbocycles. The van der Waals surface area contributed by atoms with E-state index >= 15 is 0 Å². The zero-order valence-electron chi connectivity index (χ0n) is 9.70. The van der Waals surface area contributed by atoms with Crippen LogP contribution in [0.2, 0.25) is 5.22 Å². The number of thiophene rings is 1. The van der Waals surface area contributed by atoms with Crippen molar-refractivity contribution >= 4 is 33.8 Å². The van der Waals surface area contributed by atoms with E-state index in [1.807, 2.05) is 13.8 Å². The lowest BCUT2D eigenvalue weighted by Gasteiger charge is -2.00. The molecule has 0 atom stereocenters. The fraction of sp³-hybridized carbons (Fsp3) is 0.167. The summed E-state index contributed by atoms with van der Waals surface area (Å²) >= 11 is 6.97. The zero-order valence-corrected chi connectivity index (χ0v) is 11.3. The van der Waals surface area contributed by atoms with Crippen molar-refractivity contribution < 1.29 is 9.21 Å². The molecule has 0 saturated heterocycles. The number of hydrogen-bond donors (Lipinski definition) is 1. The predicted octanol–water partition coefficient (Wildman–Crippen LogP) is 3.74. The summed E-state index contributed by atoms with van der Waals surface area (Å²) in [6.07, 6.45) is 0. The van der Waals surface area contributed by atoms with Gasteiger partial charge in [0.05, 0.1) is 5.56 Å². The average molecular weight is 281 g/mol. The molecular weight excluding hydrogens is 272 g/mol. The van der Waals surface area contributed by atoms with Crippen LogP contribution in [0.4, 0.5) is 5.00 Å². The lowest BCUT2D eigenvalue weighted by molar-refractivity contribution is 0.0997. The topological polar surface area (TPSA) is 66.0 Å². The molecule has 0 radical (unpaired) electrons. The molecule has 2 aromatic heterocycles. The first kappa shape index (κ1) is 12.7. The maximum Gasteiger partial charge on any atom is 0.292 e. The average Bonchev–Trinajstić information content (AvgIpc) is 2.85. The molecule has 18 heavy (non-hydrogen) atoms. The van der Waals surface area contributed by atoms with Crippen molar-refractivity contribution in [3.05, 3.63) is 39.1 Å². The monoisotopic (exact) mass is 280 g/mol. The van der Waals surface area contributed by atoms with Gasteiger partial charge in [0.2, 0.25) is 0 Å². The van der Waals surface area contributed by atoms with Crippen LogP contribution < -0.4 is 5.32 Å². The van der Waals surface area contributed by atoms with E-state index in [-0.39, 0.29) is 11.0 Å². The second-order valence-electron chi connectivity index (χ2n) is 3.66. The first-order valence-corrected chi connectivity index (χ1v) is 6.29. The van der Waals surface area contributed by atoms with Crippen molar-refractivity contribution in [2.75, 3.05) is 5.32 Å². The van der Waals surface area contributed by atoms with Gasteiger partial charge in [0.25, 0.3) is 5.91 Å². The molecule has 0 bridgehead atoms. The van der Waals surface area contributed by atoms with Gasteiger partial charge in [-0.05, 0) is 43.1 Å². The van der Waals surface area contributed by atoms with Crippen molar-refractivity contribution in [2.45, 2.75) is 13.8 Å². The fourth-order valence-electron chi connectivity index (χ4n) is 1.45. The smallest absolute Gasteiger partial charge is 0.292 e. The number of carbonyl (C=O) groups is 1. The van der Waals surface area contributed by atoms with Gasteiger partial charge >= 0.3 is 0 Å². The Morgan fingerprint density at radius 1 is 1.50 bits per heavy atom. The third kappa shape index (κ3) is 2.26. The summed E-state index contributed by atoms with van der Waals surface area (Å²) in [6.45, 7) is 3.75. The van der Waals surface area contributed by atoms with Gasteiger partial charge in [-0.3, -0.25) is 4.79 Å². The molecule has 0 fully saturated rings. The highest BCUT2D eigenvalue weighted by molar-refractivity contribution is 7.16. The van der Waals surface area contributed by atoms with E-state index < -0.39 is 5.91 Å². The van der Waals surface area contributed by atoms with E-state index in [2.05, 4.69) is 11.4 Å². The third-order valence-electron chi connectivity index (χ3n) is 2.52. The predicted molar refractivity (Wildman–Crippen MR) is 70.2 cm³/mol. The highest BCUT2D eigenvalue weighted by Gasteiger charge is 2.17. The lowest BCUT2D eigenvalue weighted by atomic mass is 10.2. The number of nitriles is 1. The van der Waals surface area contributed by atoms with E-state index in [9.17, 15) is 4.79 Å². The minimum Gasteiger partial charge on any atom is -0.440 e. The number of rotatable bonds is 2. The zero-order chi connectivity index (χ0) is 13.3. The van der Waals surface area contributed by atoms with E-state index in [0.717, 1.165) is 10.4 Å². The molecule has 0 aliphatic rings. The Hall–Kier alpha value is -1.77. The summed E-state index contributed by atoms with van der Waals surface area (Å²) in [5.41, 5.74) is 1.37. The van der Waals surface area contributed by atoms with Crippen LogP contribution in [0.15, 0.2) is 16.5 Å². The number of carbonyl (C=O) groups excluding carboxylic acids is 1. The van der Waals surface area contributed by atoms with E-state index in [0.29, 0.717) is 10.6 Å². The number of hydrogen-bond acceptors (Lipinski definition) is 4. The molecule has 2 aromatic rings. The van der Waals surface area contributed by atoms with Gasteiger partial charge < -0.3 is 9.73 Å². The minimum atomic E-state index is -0.417. The number of anilines is 1. The molecule has 1 amide bonds. The summed E-state index contributed by atoms with van der Waals surface area (Å²) in [7, 11) is 0. The van der Waals surface area contributed by atoms with E-state index in [1.165, 1.54) is 23.5 Å². The molecule has 1 N–H and O–H groups in total. The van der Waals surface area contributed by atoms with Crippen LogP contribution in [-0.2, 0) is 0 Å². The van der Waals surface area contributed by atoms with Crippen molar-refractivity contribution in [3.63, 3.8) is 0 Å². The molecule has 92 valence electrons. The molecule has 0 spiro atoms. The van der Waals surface area contributed by atoms with Crippen LogP contribution >= 0.6 is 22.9 Å². The van der Waals surface area contributed by atoms with E-state index in [4.69, 9.17) is 21.3 Å². The second-order valence-corrected chi connectivity index (χ2v) is 5.25. The second kappa shape index (κ2) is 4.84. The summed E-state index contributed by atoms with van der Waals surface area (Å²) in [5.74, 6) is -0.299. The molecule has 0 aromatic carbocycles. The maximum absolute atomic E-state index is 11.8. The lowest BCUT2D eigenvalue weighted by Crippen LogP contribution is -2.10. The van der Waals surface area contributed by atoms with Gasteiger partial charge in [-0.25, -0.2) is 0 Å². The van der Waals surface area contributed by atoms with Crippen LogP contribution in [0.3, 0.4) is 0 Å². The number of furan rings is 1. The standard InChI is InChI=1S/C12H9ClN2O2S/c1-6-7(2)18-12(8(6)5-14)15-11(16)9-3-4-10(13)17-9/h3-4H,1-2H3,(H,15,16). The number of halogens is 1. The van der Waals surface area contributed by atoms with E-state index in [1.54, 1.807) is 0 Å². The summed E-state index contributed by atoms with van der Waals surface area (Å²) in [4.78, 5) is 12.8. The SMILES string of the molecule is Cc1sc(NC(=O)c2ccc(Cl)o2)c(C#N)c1C. The highest BCUT2D eigenvalue weighted by Crippen LogP contribution is 2.32. The Morgan fingerprint density at radius 2 is 2.22 bits per heavy atom. The summed E-state index contributed by atoms with van der Waals surface area (Å²) in [5, 5.41) is 12.4. The maximum atomic E-state index is 11.8. The first-order valence-electron chi connectivity index (χ1n) is 5.09. The molecule has 2 rings (SSSR count). The Bertz CT molecular complexity index is 652.